The van der Waals surface area contributed by atoms with Gasteiger partial charge in [-0.15, -0.1) is 11.3 Å². The minimum absolute atomic E-state index is 0.221. The monoisotopic (exact) mass is 305 g/mol. The topological polar surface area (TPSA) is 87.6 Å². The zero-order chi connectivity index (χ0) is 15.1. The second-order valence-corrected chi connectivity index (χ2v) is 5.44. The highest BCUT2D eigenvalue weighted by atomic mass is 32.1. The fraction of sp³-hybridized carbons (Fsp3) is 0.357. The highest BCUT2D eigenvalue weighted by Crippen LogP contribution is 2.23. The number of oxime groups is 1. The zero-order valence-electron chi connectivity index (χ0n) is 11.9. The third kappa shape index (κ3) is 4.42. The molecule has 2 aromatic rings. The highest BCUT2D eigenvalue weighted by Gasteiger charge is 2.12. The van der Waals surface area contributed by atoms with Gasteiger partial charge in [0.1, 0.15) is 5.84 Å². The summed E-state index contributed by atoms with van der Waals surface area (Å²) in [6, 6.07) is 3.94. The molecule has 2 aromatic heterocycles. The van der Waals surface area contributed by atoms with Crippen molar-refractivity contribution in [1.29, 1.82) is 0 Å². The van der Waals surface area contributed by atoms with Crippen LogP contribution in [0.3, 0.4) is 0 Å². The lowest BCUT2D eigenvalue weighted by Crippen LogP contribution is -2.27. The van der Waals surface area contributed by atoms with Gasteiger partial charge >= 0.3 is 0 Å². The van der Waals surface area contributed by atoms with Gasteiger partial charge in [-0.2, -0.15) is 0 Å². The summed E-state index contributed by atoms with van der Waals surface area (Å²) in [5.74, 6) is 0.221. The molecule has 0 aromatic carbocycles. The Kier molecular flexibility index (Phi) is 5.51. The van der Waals surface area contributed by atoms with Gasteiger partial charge < -0.3 is 15.8 Å². The van der Waals surface area contributed by atoms with Crippen LogP contribution in [0.2, 0.25) is 0 Å². The molecule has 2 rings (SSSR count). The molecular weight excluding hydrogens is 286 g/mol. The summed E-state index contributed by atoms with van der Waals surface area (Å²) in [4.78, 5) is 10.9. The lowest BCUT2D eigenvalue weighted by atomic mass is 10.2. The second kappa shape index (κ2) is 7.58. The maximum Gasteiger partial charge on any atom is 0.185 e. The molecule has 6 nitrogen and oxygen atoms in total. The average molecular weight is 305 g/mol. The molecule has 2 heterocycles. The van der Waals surface area contributed by atoms with Gasteiger partial charge in [0.05, 0.1) is 5.69 Å². The van der Waals surface area contributed by atoms with Crippen LogP contribution in [0.4, 0.5) is 5.13 Å². The second-order valence-electron chi connectivity index (χ2n) is 4.60. The first kappa shape index (κ1) is 15.2. The van der Waals surface area contributed by atoms with Gasteiger partial charge in [-0.05, 0) is 18.1 Å². The fourth-order valence-electron chi connectivity index (χ4n) is 1.86. The Bertz CT molecular complexity index is 584. The van der Waals surface area contributed by atoms with E-state index in [0.717, 1.165) is 22.8 Å². The molecule has 0 aliphatic heterocycles. The zero-order valence-corrected chi connectivity index (χ0v) is 12.8. The summed E-state index contributed by atoms with van der Waals surface area (Å²) < 4.78 is 0. The van der Waals surface area contributed by atoms with Gasteiger partial charge in [0.2, 0.25) is 0 Å². The minimum atomic E-state index is 0.221. The summed E-state index contributed by atoms with van der Waals surface area (Å²) in [6.45, 7) is 3.42. The Morgan fingerprint density at radius 2 is 2.38 bits per heavy atom. The predicted molar refractivity (Wildman–Crippen MR) is 84.8 cm³/mol. The number of aryl methyl sites for hydroxylation is 1. The smallest absolute Gasteiger partial charge is 0.185 e. The minimum Gasteiger partial charge on any atom is -0.409 e. The van der Waals surface area contributed by atoms with E-state index in [1.165, 1.54) is 0 Å². The molecule has 0 spiro atoms. The van der Waals surface area contributed by atoms with Crippen LogP contribution >= 0.6 is 11.3 Å². The van der Waals surface area contributed by atoms with Crippen molar-refractivity contribution in [3.63, 3.8) is 0 Å². The largest absolute Gasteiger partial charge is 0.409 e. The Morgan fingerprint density at radius 3 is 3.00 bits per heavy atom. The van der Waals surface area contributed by atoms with Crippen LogP contribution in [0.25, 0.3) is 0 Å². The highest BCUT2D eigenvalue weighted by molar-refractivity contribution is 7.13. The SMILES string of the molecule is CCc1csc(N(CCC(N)=NO)Cc2cccnc2)n1. The Hall–Kier alpha value is -2.15. The molecule has 0 aliphatic rings. The van der Waals surface area contributed by atoms with Gasteiger partial charge in [-0.1, -0.05) is 18.1 Å². The third-order valence-electron chi connectivity index (χ3n) is 3.03. The number of aromatic nitrogens is 2. The van der Waals surface area contributed by atoms with E-state index in [1.54, 1.807) is 17.5 Å². The molecule has 7 heteroatoms. The normalized spacial score (nSPS) is 11.6. The number of rotatable bonds is 7. The first-order chi connectivity index (χ1) is 10.2. The maximum atomic E-state index is 8.67. The molecule has 0 atom stereocenters. The number of anilines is 1. The summed E-state index contributed by atoms with van der Waals surface area (Å²) in [5, 5.41) is 14.7. The van der Waals surface area contributed by atoms with Crippen LogP contribution in [-0.4, -0.2) is 27.6 Å². The van der Waals surface area contributed by atoms with Gasteiger partial charge in [-0.25, -0.2) is 4.98 Å². The van der Waals surface area contributed by atoms with Crippen molar-refractivity contribution in [2.45, 2.75) is 26.3 Å². The predicted octanol–water partition coefficient (Wildman–Crippen LogP) is 2.24. The van der Waals surface area contributed by atoms with Gasteiger partial charge in [-0.3, -0.25) is 4.98 Å². The van der Waals surface area contributed by atoms with Crippen molar-refractivity contribution in [2.75, 3.05) is 11.4 Å². The number of pyridine rings is 1. The number of amidine groups is 1. The van der Waals surface area contributed by atoms with Crippen LogP contribution in [0.15, 0.2) is 35.1 Å². The summed E-state index contributed by atoms with van der Waals surface area (Å²) in [6.07, 6.45) is 4.99. The van der Waals surface area contributed by atoms with Crippen molar-refractivity contribution >= 4 is 22.3 Å². The van der Waals surface area contributed by atoms with E-state index in [0.29, 0.717) is 19.5 Å². The number of hydrogen-bond donors (Lipinski definition) is 2. The molecule has 0 saturated heterocycles. The summed E-state index contributed by atoms with van der Waals surface area (Å²) >= 11 is 1.61. The lowest BCUT2D eigenvalue weighted by Gasteiger charge is -2.21. The van der Waals surface area contributed by atoms with E-state index in [1.807, 2.05) is 18.3 Å². The first-order valence-corrected chi connectivity index (χ1v) is 7.65. The van der Waals surface area contributed by atoms with E-state index in [-0.39, 0.29) is 5.84 Å². The number of nitrogens with zero attached hydrogens (tertiary/aromatic N) is 4. The van der Waals surface area contributed by atoms with Crippen molar-refractivity contribution < 1.29 is 5.21 Å². The first-order valence-electron chi connectivity index (χ1n) is 6.77. The Balaban J connectivity index is 2.13. The maximum absolute atomic E-state index is 8.67. The molecular formula is C14H19N5OS. The van der Waals surface area contributed by atoms with Crippen molar-refractivity contribution in [2.24, 2.45) is 10.9 Å². The molecule has 0 aliphatic carbocycles. The molecule has 21 heavy (non-hydrogen) atoms. The number of thiazole rings is 1. The van der Waals surface area contributed by atoms with Crippen LogP contribution < -0.4 is 10.6 Å². The third-order valence-corrected chi connectivity index (χ3v) is 3.99. The molecule has 0 bridgehead atoms. The number of nitrogens with two attached hydrogens (primary N) is 1. The van der Waals surface area contributed by atoms with Crippen molar-refractivity contribution in [3.8, 4) is 0 Å². The molecule has 112 valence electrons. The fourth-order valence-corrected chi connectivity index (χ4v) is 2.79. The van der Waals surface area contributed by atoms with Crippen molar-refractivity contribution in [1.82, 2.24) is 9.97 Å². The molecule has 0 radical (unpaired) electrons. The lowest BCUT2D eigenvalue weighted by molar-refractivity contribution is 0.317. The Morgan fingerprint density at radius 1 is 1.52 bits per heavy atom. The van der Waals surface area contributed by atoms with Crippen LogP contribution in [-0.2, 0) is 13.0 Å². The van der Waals surface area contributed by atoms with E-state index in [2.05, 4.69) is 32.3 Å². The molecule has 0 fully saturated rings. The standard InChI is InChI=1S/C14H19N5OS/c1-2-12-10-21-14(17-12)19(7-5-13(15)18-20)9-11-4-3-6-16-8-11/h3-4,6,8,10,20H,2,5,7,9H2,1H3,(H2,15,18). The molecule has 0 unspecified atom stereocenters. The van der Waals surface area contributed by atoms with Gasteiger partial charge in [0, 0.05) is 37.3 Å². The average Bonchev–Trinajstić information content (AvgIpc) is 3.01. The molecule has 3 N–H and O–H groups in total. The van der Waals surface area contributed by atoms with Crippen LogP contribution in [0.1, 0.15) is 24.6 Å². The van der Waals surface area contributed by atoms with E-state index in [4.69, 9.17) is 10.9 Å². The number of hydrogen-bond acceptors (Lipinski definition) is 6. The van der Waals surface area contributed by atoms with E-state index >= 15 is 0 Å². The molecule has 0 saturated carbocycles. The molecule has 0 amide bonds. The quantitative estimate of drug-likeness (QED) is 0.354. The Labute approximate surface area is 128 Å². The van der Waals surface area contributed by atoms with Crippen LogP contribution in [0.5, 0.6) is 0 Å². The van der Waals surface area contributed by atoms with E-state index < -0.39 is 0 Å². The summed E-state index contributed by atoms with van der Waals surface area (Å²) in [7, 11) is 0. The summed E-state index contributed by atoms with van der Waals surface area (Å²) in [5.41, 5.74) is 7.75. The van der Waals surface area contributed by atoms with E-state index in [9.17, 15) is 0 Å². The van der Waals surface area contributed by atoms with Crippen molar-refractivity contribution in [3.05, 3.63) is 41.2 Å². The van der Waals surface area contributed by atoms with Gasteiger partial charge in [0.15, 0.2) is 5.13 Å². The van der Waals surface area contributed by atoms with Crippen LogP contribution in [0, 0.1) is 0 Å². The van der Waals surface area contributed by atoms with Gasteiger partial charge in [0.25, 0.3) is 0 Å².